The lowest BCUT2D eigenvalue weighted by molar-refractivity contribution is -0.129. The third kappa shape index (κ3) is 5.26. The number of alkyl halides is 1. The Morgan fingerprint density at radius 1 is 1.08 bits per heavy atom. The number of ketones is 1. The molecule has 1 aliphatic heterocycles. The first-order chi connectivity index (χ1) is 16.9. The maximum atomic E-state index is 14.5. The van der Waals surface area contributed by atoms with E-state index in [0.29, 0.717) is 0 Å². The molecule has 0 bridgehead atoms. The van der Waals surface area contributed by atoms with Gasteiger partial charge < -0.3 is 4.74 Å². The van der Waals surface area contributed by atoms with E-state index in [-0.39, 0.29) is 46.8 Å². The SMILES string of the molecule is Cc1cccc(S(=O)(=O)N2C[C@H](CCC(=O)C(C)(C)F)Oc3ccc(-c4cc(F)ccc4F)cc32)c1. The molecular weight excluding hydrogens is 491 g/mol. The molecule has 5 nitrogen and oxygen atoms in total. The molecule has 190 valence electrons. The van der Waals surface area contributed by atoms with Crippen molar-refractivity contribution in [2.45, 2.75) is 50.3 Å². The standard InChI is InChI=1S/C27H26F3NO4S/c1-17-5-4-6-21(13-17)36(33,34)31-16-20(9-12-26(32)27(2,3)30)35-25-11-7-18(14-24(25)31)22-15-19(28)8-10-23(22)29/h4-8,10-11,13-15,20H,9,12,16H2,1-3H3/t20-/m0/s1. The smallest absolute Gasteiger partial charge is 0.264 e. The van der Waals surface area contributed by atoms with Crippen LogP contribution in [-0.2, 0) is 14.8 Å². The molecule has 0 unspecified atom stereocenters. The summed E-state index contributed by atoms with van der Waals surface area (Å²) in [6.45, 7) is 3.98. The molecule has 1 aliphatic rings. The molecule has 0 fully saturated rings. The maximum Gasteiger partial charge on any atom is 0.264 e. The van der Waals surface area contributed by atoms with Crippen LogP contribution in [0.1, 0.15) is 32.3 Å². The van der Waals surface area contributed by atoms with Gasteiger partial charge >= 0.3 is 0 Å². The number of aryl methyl sites for hydroxylation is 1. The van der Waals surface area contributed by atoms with E-state index in [1.54, 1.807) is 19.1 Å². The summed E-state index contributed by atoms with van der Waals surface area (Å²) in [4.78, 5) is 12.2. The lowest BCUT2D eigenvalue weighted by Gasteiger charge is -2.36. The first-order valence-electron chi connectivity index (χ1n) is 11.4. The molecule has 36 heavy (non-hydrogen) atoms. The molecule has 3 aromatic carbocycles. The van der Waals surface area contributed by atoms with E-state index in [2.05, 4.69) is 0 Å². The molecule has 0 saturated heterocycles. The Labute approximate surface area is 208 Å². The third-order valence-electron chi connectivity index (χ3n) is 6.06. The molecule has 9 heteroatoms. The Kier molecular flexibility index (Phi) is 6.88. The monoisotopic (exact) mass is 517 g/mol. The maximum absolute atomic E-state index is 14.5. The fourth-order valence-corrected chi connectivity index (χ4v) is 5.67. The molecule has 1 atom stereocenters. The zero-order valence-electron chi connectivity index (χ0n) is 20.1. The van der Waals surface area contributed by atoms with Gasteiger partial charge in [-0.25, -0.2) is 21.6 Å². The quantitative estimate of drug-likeness (QED) is 0.386. The van der Waals surface area contributed by atoms with Crippen LogP contribution in [0, 0.1) is 18.6 Å². The van der Waals surface area contributed by atoms with E-state index in [0.717, 1.165) is 28.1 Å². The average molecular weight is 518 g/mol. The van der Waals surface area contributed by atoms with Crippen molar-refractivity contribution >= 4 is 21.5 Å². The predicted octanol–water partition coefficient (Wildman–Crippen LogP) is 5.99. The lowest BCUT2D eigenvalue weighted by Crippen LogP contribution is -2.44. The Morgan fingerprint density at radius 3 is 2.53 bits per heavy atom. The van der Waals surface area contributed by atoms with Crippen molar-refractivity contribution in [1.82, 2.24) is 0 Å². The van der Waals surface area contributed by atoms with Crippen LogP contribution in [0.25, 0.3) is 11.1 Å². The number of hydrogen-bond acceptors (Lipinski definition) is 4. The van der Waals surface area contributed by atoms with Crippen LogP contribution < -0.4 is 9.04 Å². The number of anilines is 1. The molecule has 0 spiro atoms. The van der Waals surface area contributed by atoms with Crippen LogP contribution in [0.2, 0.25) is 0 Å². The summed E-state index contributed by atoms with van der Waals surface area (Å²) in [5.41, 5.74) is -0.863. The number of fused-ring (bicyclic) bond motifs is 1. The highest BCUT2D eigenvalue weighted by Gasteiger charge is 2.36. The van der Waals surface area contributed by atoms with Crippen molar-refractivity contribution in [3.63, 3.8) is 0 Å². The van der Waals surface area contributed by atoms with Crippen molar-refractivity contribution in [2.24, 2.45) is 0 Å². The molecule has 0 radical (unpaired) electrons. The zero-order valence-corrected chi connectivity index (χ0v) is 20.9. The van der Waals surface area contributed by atoms with Crippen LogP contribution in [-0.4, -0.2) is 32.5 Å². The number of hydrogen-bond donors (Lipinski definition) is 0. The van der Waals surface area contributed by atoms with Crippen LogP contribution in [0.5, 0.6) is 5.75 Å². The summed E-state index contributed by atoms with van der Waals surface area (Å²) in [6, 6.07) is 13.9. The van der Waals surface area contributed by atoms with E-state index in [4.69, 9.17) is 4.74 Å². The summed E-state index contributed by atoms with van der Waals surface area (Å²) < 4.78 is 76.9. The number of carbonyl (C=O) groups is 1. The van der Waals surface area contributed by atoms with E-state index in [9.17, 15) is 26.4 Å². The van der Waals surface area contributed by atoms with Crippen molar-refractivity contribution in [2.75, 3.05) is 10.8 Å². The van der Waals surface area contributed by atoms with E-state index >= 15 is 0 Å². The summed E-state index contributed by atoms with van der Waals surface area (Å²) in [6.07, 6.45) is -0.750. The van der Waals surface area contributed by atoms with E-state index < -0.39 is 39.2 Å². The van der Waals surface area contributed by atoms with Gasteiger partial charge in [0.15, 0.2) is 11.5 Å². The van der Waals surface area contributed by atoms with Gasteiger partial charge in [0.2, 0.25) is 0 Å². The molecule has 0 N–H and O–H groups in total. The number of nitrogens with zero attached hydrogens (tertiary/aromatic N) is 1. The second-order valence-corrected chi connectivity index (χ2v) is 11.2. The molecule has 1 heterocycles. The van der Waals surface area contributed by atoms with Crippen LogP contribution in [0.4, 0.5) is 18.9 Å². The fourth-order valence-electron chi connectivity index (χ4n) is 4.07. The number of rotatable bonds is 7. The van der Waals surface area contributed by atoms with Crippen LogP contribution >= 0.6 is 0 Å². The molecule has 0 aliphatic carbocycles. The Morgan fingerprint density at radius 2 is 1.83 bits per heavy atom. The Bertz CT molecular complexity index is 1420. The van der Waals surface area contributed by atoms with Gasteiger partial charge in [0.05, 0.1) is 17.1 Å². The predicted molar refractivity (Wildman–Crippen MR) is 131 cm³/mol. The Balaban J connectivity index is 1.77. The highest BCUT2D eigenvalue weighted by atomic mass is 32.2. The van der Waals surface area contributed by atoms with Crippen molar-refractivity contribution < 1.29 is 31.1 Å². The number of sulfonamides is 1. The number of ether oxygens (including phenoxy) is 1. The number of benzene rings is 3. The first-order valence-corrected chi connectivity index (χ1v) is 12.9. The molecule has 0 amide bonds. The summed E-state index contributed by atoms with van der Waals surface area (Å²) >= 11 is 0. The lowest BCUT2D eigenvalue weighted by atomic mass is 9.99. The normalized spacial score (nSPS) is 15.8. The third-order valence-corrected chi connectivity index (χ3v) is 7.84. The highest BCUT2D eigenvalue weighted by molar-refractivity contribution is 7.92. The summed E-state index contributed by atoms with van der Waals surface area (Å²) in [5.74, 6) is -1.70. The number of carbonyl (C=O) groups excluding carboxylic acids is 1. The van der Waals surface area contributed by atoms with Gasteiger partial charge in [-0.15, -0.1) is 0 Å². The van der Waals surface area contributed by atoms with Crippen molar-refractivity contribution in [3.8, 4) is 16.9 Å². The Hall–Kier alpha value is -3.33. The van der Waals surface area contributed by atoms with Gasteiger partial charge in [-0.1, -0.05) is 18.2 Å². The molecular formula is C27H26F3NO4S. The molecule has 0 saturated carbocycles. The van der Waals surface area contributed by atoms with Crippen molar-refractivity contribution in [3.05, 3.63) is 77.9 Å². The van der Waals surface area contributed by atoms with Gasteiger partial charge in [-0.3, -0.25) is 9.10 Å². The minimum atomic E-state index is -4.09. The number of halogens is 3. The summed E-state index contributed by atoms with van der Waals surface area (Å²) in [7, 11) is -4.09. The number of Topliss-reactive ketones (excluding diaryl/α,β-unsaturated/α-hetero) is 1. The topological polar surface area (TPSA) is 63.7 Å². The fraction of sp³-hybridized carbons (Fsp3) is 0.296. The van der Waals surface area contributed by atoms with Gasteiger partial charge in [0.25, 0.3) is 10.0 Å². The van der Waals surface area contributed by atoms with Gasteiger partial charge in [-0.2, -0.15) is 0 Å². The largest absolute Gasteiger partial charge is 0.486 e. The molecule has 3 aromatic rings. The molecule has 0 aromatic heterocycles. The van der Waals surface area contributed by atoms with E-state index in [1.807, 2.05) is 0 Å². The van der Waals surface area contributed by atoms with Crippen molar-refractivity contribution in [1.29, 1.82) is 0 Å². The minimum Gasteiger partial charge on any atom is -0.486 e. The summed E-state index contributed by atoms with van der Waals surface area (Å²) in [5, 5.41) is 0. The van der Waals surface area contributed by atoms with Gasteiger partial charge in [0.1, 0.15) is 23.5 Å². The average Bonchev–Trinajstić information content (AvgIpc) is 2.82. The van der Waals surface area contributed by atoms with E-state index in [1.165, 1.54) is 44.2 Å². The highest BCUT2D eigenvalue weighted by Crippen LogP contribution is 2.41. The van der Waals surface area contributed by atoms with Crippen LogP contribution in [0.3, 0.4) is 0 Å². The van der Waals surface area contributed by atoms with Crippen LogP contribution in [0.15, 0.2) is 65.6 Å². The minimum absolute atomic E-state index is 0.0244. The first kappa shape index (κ1) is 25.8. The zero-order chi connectivity index (χ0) is 26.3. The van der Waals surface area contributed by atoms with Gasteiger partial charge in [0, 0.05) is 12.0 Å². The van der Waals surface area contributed by atoms with Gasteiger partial charge in [-0.05, 0) is 80.8 Å². The molecule has 4 rings (SSSR count). The second-order valence-electron chi connectivity index (χ2n) is 9.33. The second kappa shape index (κ2) is 9.61.